The van der Waals surface area contributed by atoms with Gasteiger partial charge in [0, 0.05) is 0 Å². The second-order valence-corrected chi connectivity index (χ2v) is 9.62. The molecule has 0 spiro atoms. The molecule has 214 valence electrons. The maximum Gasteiger partial charge on any atom is -0.0108 e. The summed E-state index contributed by atoms with van der Waals surface area (Å²) in [5, 5.41) is 0. The molecule has 4 rings (SSSR count). The van der Waals surface area contributed by atoms with Crippen LogP contribution in [0.1, 0.15) is 153 Å². The number of allylic oxidation sites excluding steroid dienone is 4. The third kappa shape index (κ3) is 30.7. The zero-order valence-electron chi connectivity index (χ0n) is 27.6. The van der Waals surface area contributed by atoms with Crippen molar-refractivity contribution in [3.63, 3.8) is 0 Å². The highest BCUT2D eigenvalue weighted by atomic mass is 14.2. The first-order chi connectivity index (χ1) is 17.4. The van der Waals surface area contributed by atoms with Crippen molar-refractivity contribution in [3.8, 4) is 0 Å². The maximum atomic E-state index is 2.36. The minimum atomic E-state index is 1.02. The van der Waals surface area contributed by atoms with Crippen molar-refractivity contribution >= 4 is 0 Å². The molecule has 0 amide bonds. The van der Waals surface area contributed by atoms with Crippen LogP contribution in [-0.4, -0.2) is 0 Å². The van der Waals surface area contributed by atoms with E-state index in [-0.39, 0.29) is 0 Å². The molecule has 0 heterocycles. The topological polar surface area (TPSA) is 0 Å². The lowest BCUT2D eigenvalue weighted by molar-refractivity contribution is 0.385. The van der Waals surface area contributed by atoms with Crippen molar-refractivity contribution in [1.82, 2.24) is 0 Å². The van der Waals surface area contributed by atoms with Gasteiger partial charge in [-0.2, -0.15) is 0 Å². The van der Waals surface area contributed by atoms with E-state index in [1.54, 1.807) is 0 Å². The fraction of sp³-hybridized carbons (Fsp3) is 0.722. The molecule has 1 aromatic carbocycles. The van der Waals surface area contributed by atoms with E-state index < -0.39 is 0 Å². The van der Waals surface area contributed by atoms with E-state index in [4.69, 9.17) is 0 Å². The van der Waals surface area contributed by atoms with Crippen LogP contribution < -0.4 is 0 Å². The second-order valence-electron chi connectivity index (χ2n) is 9.62. The van der Waals surface area contributed by atoms with Crippen molar-refractivity contribution in [1.29, 1.82) is 0 Å². The first-order valence-electron chi connectivity index (χ1n) is 15.7. The summed E-state index contributed by atoms with van der Waals surface area (Å²) in [6, 6.07) is 10.3. The highest BCUT2D eigenvalue weighted by molar-refractivity contribution is 5.27. The molecule has 0 heteroatoms. The van der Waals surface area contributed by atoms with Gasteiger partial charge < -0.3 is 0 Å². The third-order valence-electron chi connectivity index (χ3n) is 6.00. The van der Waals surface area contributed by atoms with Crippen LogP contribution in [-0.2, 0) is 0 Å². The Morgan fingerprint density at radius 3 is 1.06 bits per heavy atom. The van der Waals surface area contributed by atoms with Gasteiger partial charge in [0.2, 0.25) is 0 Å². The van der Waals surface area contributed by atoms with Crippen LogP contribution in [0.3, 0.4) is 0 Å². The molecule has 0 unspecified atom stereocenters. The maximum absolute atomic E-state index is 2.36. The highest BCUT2D eigenvalue weighted by Crippen LogP contribution is 2.29. The van der Waals surface area contributed by atoms with Gasteiger partial charge in [-0.15, -0.1) is 0 Å². The molecule has 3 aliphatic carbocycles. The average Bonchev–Trinajstić information content (AvgIpc) is 3.51. The molecule has 0 aromatic heterocycles. The summed E-state index contributed by atoms with van der Waals surface area (Å²) < 4.78 is 0. The summed E-state index contributed by atoms with van der Waals surface area (Å²) in [7, 11) is 0. The van der Waals surface area contributed by atoms with Gasteiger partial charge >= 0.3 is 0 Å². The lowest BCUT2D eigenvalue weighted by Gasteiger charge is -2.15. The zero-order valence-corrected chi connectivity index (χ0v) is 27.6. The number of hydrogen-bond acceptors (Lipinski definition) is 0. The van der Waals surface area contributed by atoms with Crippen LogP contribution in [0.5, 0.6) is 0 Å². The molecule has 0 N–H and O–H groups in total. The summed E-state index contributed by atoms with van der Waals surface area (Å²) >= 11 is 0. The van der Waals surface area contributed by atoms with Crippen molar-refractivity contribution in [3.05, 3.63) is 59.2 Å². The zero-order chi connectivity index (χ0) is 28.8. The molecule has 3 aliphatic rings. The normalized spacial score (nSPS) is 19.2. The molecule has 36 heavy (non-hydrogen) atoms. The molecule has 2 fully saturated rings. The molecule has 1 aromatic rings. The molecule has 0 nitrogen and oxygen atoms in total. The standard InChI is InChI=1S/C7H14.C7H10.C7H14.C7H8.4C2H6/c2*1-6-3-4-7(2)5-6;2*1-7-5-3-2-4-6-7;4*1-2/h6-7H,3-5H2,1-2H3;3-4H,5H2,1-2H3;7H,2-6H2,1H3;2-6H,1H3;4*1-2H3/t6-,7+;;;;;;;. The van der Waals surface area contributed by atoms with E-state index in [9.17, 15) is 0 Å². The lowest BCUT2D eigenvalue weighted by atomic mass is 9.91. The molecule has 0 bridgehead atoms. The van der Waals surface area contributed by atoms with E-state index in [1.807, 2.05) is 73.6 Å². The molecular weight excluding hydrogens is 432 g/mol. The van der Waals surface area contributed by atoms with Gasteiger partial charge in [-0.25, -0.2) is 0 Å². The Kier molecular flexibility index (Phi) is 39.1. The first-order valence-corrected chi connectivity index (χ1v) is 15.7. The van der Waals surface area contributed by atoms with Gasteiger partial charge in [-0.05, 0) is 51.4 Å². The smallest absolute Gasteiger partial charge is 0.0108 e. The molecule has 2 atom stereocenters. The number of benzene rings is 1. The third-order valence-corrected chi connectivity index (χ3v) is 6.00. The Morgan fingerprint density at radius 1 is 0.500 bits per heavy atom. The minimum absolute atomic E-state index is 1.02. The minimum Gasteiger partial charge on any atom is -0.0693 e. The molecule has 0 aliphatic heterocycles. The van der Waals surface area contributed by atoms with E-state index in [0.717, 1.165) is 17.8 Å². The van der Waals surface area contributed by atoms with Gasteiger partial charge in [0.25, 0.3) is 0 Å². The monoisotopic (exact) mass is 503 g/mol. The fourth-order valence-corrected chi connectivity index (χ4v) is 4.17. The van der Waals surface area contributed by atoms with Crippen molar-refractivity contribution in [2.45, 2.75) is 155 Å². The van der Waals surface area contributed by atoms with Crippen LogP contribution in [0.4, 0.5) is 0 Å². The Balaban J connectivity index is -0.000000173. The Hall–Kier alpha value is -1.30. The number of hydrogen-bond donors (Lipinski definition) is 0. The lowest BCUT2D eigenvalue weighted by Crippen LogP contribution is -1.99. The van der Waals surface area contributed by atoms with Gasteiger partial charge in [0.1, 0.15) is 0 Å². The first kappa shape index (κ1) is 41.8. The SMILES string of the molecule is CC.CC.CC.CC.CC1=CC=C(C)C1.CC1CCCCC1.C[C@@H]1CC[C@H](C)C1.Cc1ccccc1. The number of aryl methyl sites for hydroxylation is 1. The van der Waals surface area contributed by atoms with E-state index in [1.165, 1.54) is 74.5 Å². The van der Waals surface area contributed by atoms with E-state index in [2.05, 4.69) is 65.8 Å². The Bertz CT molecular complexity index is 529. The van der Waals surface area contributed by atoms with Gasteiger partial charge in [-0.3, -0.25) is 0 Å². The van der Waals surface area contributed by atoms with Crippen molar-refractivity contribution < 1.29 is 0 Å². The van der Waals surface area contributed by atoms with Crippen molar-refractivity contribution in [2.75, 3.05) is 0 Å². The largest absolute Gasteiger partial charge is 0.0693 e. The summed E-state index contributed by atoms with van der Waals surface area (Å²) in [5.74, 6) is 3.08. The van der Waals surface area contributed by atoms with Gasteiger partial charge in [-0.1, -0.05) is 180 Å². The van der Waals surface area contributed by atoms with Crippen LogP contribution in [0.2, 0.25) is 0 Å². The summed E-state index contributed by atoms with van der Waals surface area (Å²) in [6.07, 6.45) is 17.4. The Morgan fingerprint density at radius 2 is 0.889 bits per heavy atom. The summed E-state index contributed by atoms with van der Waals surface area (Å²) in [6.45, 7) is 29.5. The van der Waals surface area contributed by atoms with Crippen LogP contribution in [0, 0.1) is 24.7 Å². The highest BCUT2D eigenvalue weighted by Gasteiger charge is 2.15. The summed E-state index contributed by atoms with van der Waals surface area (Å²) in [4.78, 5) is 0. The average molecular weight is 503 g/mol. The van der Waals surface area contributed by atoms with Crippen LogP contribution in [0.15, 0.2) is 53.6 Å². The predicted molar refractivity (Wildman–Crippen MR) is 173 cm³/mol. The molecule has 2 saturated carbocycles. The molecule has 0 saturated heterocycles. The van der Waals surface area contributed by atoms with Gasteiger partial charge in [0.05, 0.1) is 0 Å². The Labute approximate surface area is 231 Å². The van der Waals surface area contributed by atoms with Gasteiger partial charge in [0.15, 0.2) is 0 Å². The van der Waals surface area contributed by atoms with Crippen LogP contribution in [0.25, 0.3) is 0 Å². The fourth-order valence-electron chi connectivity index (χ4n) is 4.17. The number of rotatable bonds is 0. The predicted octanol–water partition coefficient (Wildman–Crippen LogP) is 13.4. The quantitative estimate of drug-likeness (QED) is 0.331. The molecule has 0 radical (unpaired) electrons. The van der Waals surface area contributed by atoms with Crippen molar-refractivity contribution in [2.24, 2.45) is 17.8 Å². The van der Waals surface area contributed by atoms with Crippen LogP contribution >= 0.6 is 0 Å². The van der Waals surface area contributed by atoms with E-state index >= 15 is 0 Å². The van der Waals surface area contributed by atoms with E-state index in [0.29, 0.717) is 0 Å². The molecular formula is C36H70. The second kappa shape index (κ2) is 33.7. The summed E-state index contributed by atoms with van der Waals surface area (Å²) in [5.41, 5.74) is 4.29.